The molecule has 6 nitrogen and oxygen atoms in total. The van der Waals surface area contributed by atoms with E-state index in [1.807, 2.05) is 57.2 Å². The molecule has 0 spiro atoms. The van der Waals surface area contributed by atoms with Crippen LogP contribution < -0.4 is 16.4 Å². The first kappa shape index (κ1) is 21.9. The van der Waals surface area contributed by atoms with E-state index in [-0.39, 0.29) is 18.2 Å². The van der Waals surface area contributed by atoms with E-state index in [1.54, 1.807) is 12.1 Å². The van der Waals surface area contributed by atoms with Crippen LogP contribution in [0.3, 0.4) is 0 Å². The summed E-state index contributed by atoms with van der Waals surface area (Å²) in [4.78, 5) is 16.3. The number of guanidine groups is 1. The summed E-state index contributed by atoms with van der Waals surface area (Å²) in [6.45, 7) is 6.35. The topological polar surface area (TPSA) is 88.7 Å². The van der Waals surface area contributed by atoms with Crippen molar-refractivity contribution in [1.29, 1.82) is 0 Å². The number of nitrogens with one attached hydrogen (secondary N) is 2. The van der Waals surface area contributed by atoms with Gasteiger partial charge in [-0.3, -0.25) is 5.32 Å². The Kier molecular flexibility index (Phi) is 7.13. The van der Waals surface area contributed by atoms with Crippen molar-refractivity contribution in [3.63, 3.8) is 0 Å². The summed E-state index contributed by atoms with van der Waals surface area (Å²) in [5, 5.41) is 7.21. The number of esters is 1. The highest BCUT2D eigenvalue weighted by Crippen LogP contribution is 2.25. The molecule has 30 heavy (non-hydrogen) atoms. The Hall–Kier alpha value is -2.83. The maximum absolute atomic E-state index is 11.9. The fraction of sp³-hybridized carbons (Fsp3) is 0.304. The van der Waals surface area contributed by atoms with Crippen LogP contribution >= 0.6 is 11.6 Å². The molecule has 7 heteroatoms. The lowest BCUT2D eigenvalue weighted by molar-refractivity contribution is 0.0378. The number of ether oxygens (including phenoxy) is 1. The van der Waals surface area contributed by atoms with Crippen LogP contribution in [-0.4, -0.2) is 30.7 Å². The molecule has 1 atom stereocenters. The third kappa shape index (κ3) is 5.62. The highest BCUT2D eigenvalue weighted by molar-refractivity contribution is 6.31. The summed E-state index contributed by atoms with van der Waals surface area (Å²) < 4.78 is 5.21. The zero-order valence-electron chi connectivity index (χ0n) is 17.4. The monoisotopic (exact) mass is 426 g/mol. The molecule has 0 aliphatic carbocycles. The highest BCUT2D eigenvalue weighted by atomic mass is 35.5. The van der Waals surface area contributed by atoms with Crippen molar-refractivity contribution in [1.82, 2.24) is 10.6 Å². The van der Waals surface area contributed by atoms with Crippen LogP contribution in [0.5, 0.6) is 0 Å². The van der Waals surface area contributed by atoms with Gasteiger partial charge in [-0.2, -0.15) is 0 Å². The molecule has 4 N–H and O–H groups in total. The van der Waals surface area contributed by atoms with Crippen LogP contribution in [0.4, 0.5) is 0 Å². The van der Waals surface area contributed by atoms with E-state index in [9.17, 15) is 4.79 Å². The molecule has 2 aromatic rings. The molecule has 0 saturated heterocycles. The van der Waals surface area contributed by atoms with Crippen LogP contribution in [0.15, 0.2) is 53.5 Å². The number of carbonyl (C=O) groups is 1. The summed E-state index contributed by atoms with van der Waals surface area (Å²) in [6.07, 6.45) is 2.42. The fourth-order valence-corrected chi connectivity index (χ4v) is 3.35. The number of nitrogens with two attached hydrogens (primary N) is 1. The summed E-state index contributed by atoms with van der Waals surface area (Å²) in [5.74, 6) is 0.0561. The lowest BCUT2D eigenvalue weighted by atomic mass is 10.0. The van der Waals surface area contributed by atoms with Crippen molar-refractivity contribution < 1.29 is 9.53 Å². The van der Waals surface area contributed by atoms with Crippen LogP contribution in [0.25, 0.3) is 5.70 Å². The van der Waals surface area contributed by atoms with Crippen molar-refractivity contribution in [2.24, 2.45) is 10.7 Å². The SMILES string of the molecule is Cc1c(Cl)cccc1C1=CC(NCCc2ccc(C(=O)OC(C)C)cc2)N=C(N)N1. The molecule has 0 amide bonds. The minimum absolute atomic E-state index is 0.131. The Morgan fingerprint density at radius 3 is 2.70 bits per heavy atom. The van der Waals surface area contributed by atoms with Gasteiger partial charge in [0.15, 0.2) is 5.96 Å². The molecule has 2 aromatic carbocycles. The average Bonchev–Trinajstić information content (AvgIpc) is 2.69. The van der Waals surface area contributed by atoms with Gasteiger partial charge in [0, 0.05) is 22.8 Å². The summed E-state index contributed by atoms with van der Waals surface area (Å²) in [7, 11) is 0. The van der Waals surface area contributed by atoms with Crippen LogP contribution in [0.1, 0.15) is 40.9 Å². The molecule has 1 aliphatic heterocycles. The summed E-state index contributed by atoms with van der Waals surface area (Å²) in [5.41, 5.74) is 10.5. The molecule has 0 saturated carbocycles. The molecule has 3 rings (SSSR count). The van der Waals surface area contributed by atoms with E-state index in [0.29, 0.717) is 23.1 Å². The van der Waals surface area contributed by atoms with Gasteiger partial charge in [-0.15, -0.1) is 0 Å². The second-order valence-electron chi connectivity index (χ2n) is 7.43. The largest absolute Gasteiger partial charge is 0.459 e. The Morgan fingerprint density at radius 2 is 2.00 bits per heavy atom. The van der Waals surface area contributed by atoms with Gasteiger partial charge in [-0.25, -0.2) is 9.79 Å². The molecule has 0 radical (unpaired) electrons. The minimum Gasteiger partial charge on any atom is -0.459 e. The van der Waals surface area contributed by atoms with Gasteiger partial charge in [-0.05, 0) is 62.6 Å². The van der Waals surface area contributed by atoms with Crippen molar-refractivity contribution in [2.45, 2.75) is 39.5 Å². The average molecular weight is 427 g/mol. The normalized spacial score (nSPS) is 16.0. The van der Waals surface area contributed by atoms with Crippen molar-refractivity contribution >= 4 is 29.2 Å². The van der Waals surface area contributed by atoms with E-state index in [0.717, 1.165) is 28.8 Å². The molecule has 1 heterocycles. The Morgan fingerprint density at radius 1 is 1.27 bits per heavy atom. The number of carbonyl (C=O) groups excluding carboxylic acids is 1. The standard InChI is InChI=1S/C23H27ClN4O2/c1-14(2)30-22(29)17-9-7-16(8-10-17)11-12-26-21-13-20(27-23(25)28-21)18-5-4-6-19(24)15(18)3/h4-10,13-14,21,26H,11-12H2,1-3H3,(H3,25,27,28). The van der Waals surface area contributed by atoms with E-state index >= 15 is 0 Å². The van der Waals surface area contributed by atoms with Crippen molar-refractivity contribution in [3.8, 4) is 0 Å². The quantitative estimate of drug-likeness (QED) is 0.588. The van der Waals surface area contributed by atoms with Gasteiger partial charge in [0.2, 0.25) is 0 Å². The lowest BCUT2D eigenvalue weighted by Crippen LogP contribution is -2.40. The molecular formula is C23H27ClN4O2. The Balaban J connectivity index is 1.60. The van der Waals surface area contributed by atoms with E-state index in [2.05, 4.69) is 15.6 Å². The van der Waals surface area contributed by atoms with Crippen LogP contribution in [-0.2, 0) is 11.2 Å². The minimum atomic E-state index is -0.303. The lowest BCUT2D eigenvalue weighted by Gasteiger charge is -2.22. The smallest absolute Gasteiger partial charge is 0.338 e. The van der Waals surface area contributed by atoms with Gasteiger partial charge >= 0.3 is 5.97 Å². The maximum atomic E-state index is 11.9. The molecular weight excluding hydrogens is 400 g/mol. The number of halogens is 1. The summed E-state index contributed by atoms with van der Waals surface area (Å²) in [6, 6.07) is 13.2. The number of nitrogens with zero attached hydrogens (tertiary/aromatic N) is 1. The molecule has 0 bridgehead atoms. The fourth-order valence-electron chi connectivity index (χ4n) is 3.17. The van der Waals surface area contributed by atoms with Gasteiger partial charge in [-0.1, -0.05) is 35.9 Å². The predicted molar refractivity (Wildman–Crippen MR) is 121 cm³/mol. The zero-order chi connectivity index (χ0) is 21.7. The third-order valence-corrected chi connectivity index (χ3v) is 5.13. The van der Waals surface area contributed by atoms with E-state index in [4.69, 9.17) is 22.1 Å². The Bertz CT molecular complexity index is 968. The third-order valence-electron chi connectivity index (χ3n) is 4.72. The van der Waals surface area contributed by atoms with Crippen LogP contribution in [0.2, 0.25) is 5.02 Å². The van der Waals surface area contributed by atoms with Gasteiger partial charge in [0.25, 0.3) is 0 Å². The number of rotatable bonds is 7. The first-order valence-electron chi connectivity index (χ1n) is 9.94. The van der Waals surface area contributed by atoms with Gasteiger partial charge < -0.3 is 15.8 Å². The maximum Gasteiger partial charge on any atom is 0.338 e. The van der Waals surface area contributed by atoms with Gasteiger partial charge in [0.1, 0.15) is 6.17 Å². The predicted octanol–water partition coefficient (Wildman–Crippen LogP) is 3.63. The number of aliphatic imine (C=N–C) groups is 1. The van der Waals surface area contributed by atoms with Crippen molar-refractivity contribution in [2.75, 3.05) is 6.54 Å². The molecule has 158 valence electrons. The second-order valence-corrected chi connectivity index (χ2v) is 7.84. The number of benzene rings is 2. The first-order chi connectivity index (χ1) is 14.3. The van der Waals surface area contributed by atoms with Crippen LogP contribution in [0, 0.1) is 6.92 Å². The van der Waals surface area contributed by atoms with E-state index in [1.165, 1.54) is 0 Å². The number of hydrogen-bond acceptors (Lipinski definition) is 6. The number of hydrogen-bond donors (Lipinski definition) is 3. The van der Waals surface area contributed by atoms with E-state index < -0.39 is 0 Å². The molecule has 0 fully saturated rings. The first-order valence-corrected chi connectivity index (χ1v) is 10.3. The molecule has 1 aliphatic rings. The molecule has 1 unspecified atom stereocenters. The van der Waals surface area contributed by atoms with Crippen molar-refractivity contribution in [3.05, 3.63) is 75.8 Å². The van der Waals surface area contributed by atoms with Gasteiger partial charge in [0.05, 0.1) is 11.7 Å². The highest BCUT2D eigenvalue weighted by Gasteiger charge is 2.16. The molecule has 0 aromatic heterocycles. The summed E-state index contributed by atoms with van der Waals surface area (Å²) >= 11 is 6.25. The zero-order valence-corrected chi connectivity index (χ0v) is 18.2. The second kappa shape index (κ2) is 9.78. The Labute approximate surface area is 182 Å².